The molecule has 0 amide bonds. The Bertz CT molecular complexity index is 1000. The van der Waals surface area contributed by atoms with E-state index in [4.69, 9.17) is 4.42 Å². The van der Waals surface area contributed by atoms with Gasteiger partial charge in [0, 0.05) is 11.3 Å². The van der Waals surface area contributed by atoms with Crippen molar-refractivity contribution >= 4 is 17.4 Å². The lowest BCUT2D eigenvalue weighted by atomic mass is 10.2. The Morgan fingerprint density at radius 3 is 2.83 bits per heavy atom. The molecule has 0 unspecified atom stereocenters. The fourth-order valence-electron chi connectivity index (χ4n) is 2.21. The van der Waals surface area contributed by atoms with Gasteiger partial charge >= 0.3 is 0 Å². The molecule has 3 heterocycles. The number of rotatable bonds is 4. The summed E-state index contributed by atoms with van der Waals surface area (Å²) in [7, 11) is 0. The van der Waals surface area contributed by atoms with Gasteiger partial charge in [-0.15, -0.1) is 10.2 Å². The average Bonchev–Trinajstić information content (AvgIpc) is 3.25. The van der Waals surface area contributed by atoms with Crippen LogP contribution in [0.2, 0.25) is 0 Å². The van der Waals surface area contributed by atoms with E-state index in [9.17, 15) is 8.78 Å². The first-order valence-corrected chi connectivity index (χ1v) is 8.02. The average molecular weight is 344 g/mol. The molecule has 4 aromatic rings. The largest absolute Gasteiger partial charge is 0.463 e. The van der Waals surface area contributed by atoms with Crippen molar-refractivity contribution < 1.29 is 13.2 Å². The van der Waals surface area contributed by atoms with Gasteiger partial charge in [-0.3, -0.25) is 0 Å². The summed E-state index contributed by atoms with van der Waals surface area (Å²) in [6.07, 6.45) is 1.57. The quantitative estimate of drug-likeness (QED) is 0.525. The van der Waals surface area contributed by atoms with E-state index < -0.39 is 11.6 Å². The lowest BCUT2D eigenvalue weighted by Gasteiger charge is -2.03. The summed E-state index contributed by atoms with van der Waals surface area (Å²) < 4.78 is 33.8. The van der Waals surface area contributed by atoms with Gasteiger partial charge in [0.1, 0.15) is 17.3 Å². The number of benzene rings is 1. The first-order chi connectivity index (χ1) is 11.7. The fourth-order valence-corrected chi connectivity index (χ4v) is 3.07. The zero-order valence-corrected chi connectivity index (χ0v) is 13.0. The van der Waals surface area contributed by atoms with Crippen molar-refractivity contribution in [3.8, 4) is 11.5 Å². The smallest absolute Gasteiger partial charge is 0.212 e. The van der Waals surface area contributed by atoms with Crippen molar-refractivity contribution in [2.45, 2.75) is 10.9 Å². The van der Waals surface area contributed by atoms with Crippen LogP contribution in [0.5, 0.6) is 0 Å². The van der Waals surface area contributed by atoms with Crippen molar-refractivity contribution in [2.24, 2.45) is 0 Å². The van der Waals surface area contributed by atoms with Crippen molar-refractivity contribution in [1.82, 2.24) is 19.8 Å². The van der Waals surface area contributed by atoms with Gasteiger partial charge in [0.15, 0.2) is 11.4 Å². The first-order valence-electron chi connectivity index (χ1n) is 7.04. The molecule has 0 spiro atoms. The summed E-state index contributed by atoms with van der Waals surface area (Å²) in [4.78, 5) is 0. The molecule has 1 aromatic carbocycles. The third kappa shape index (κ3) is 2.76. The molecule has 5 nitrogen and oxygen atoms in total. The molecule has 0 atom stereocenters. The molecule has 0 radical (unpaired) electrons. The second-order valence-corrected chi connectivity index (χ2v) is 5.92. The van der Waals surface area contributed by atoms with Gasteiger partial charge in [-0.2, -0.15) is 9.61 Å². The molecule has 0 fully saturated rings. The summed E-state index contributed by atoms with van der Waals surface area (Å²) in [5, 5.41) is 13.0. The molecule has 4 rings (SSSR count). The molecule has 0 bridgehead atoms. The van der Waals surface area contributed by atoms with E-state index in [0.29, 0.717) is 22.3 Å². The lowest BCUT2D eigenvalue weighted by molar-refractivity contribution is 0.577. The number of aromatic nitrogens is 4. The molecule has 0 aliphatic heterocycles. The predicted octanol–water partition coefficient (Wildman–Crippen LogP) is 3.95. The number of nitrogens with zero attached hydrogens (tertiary/aromatic N) is 4. The van der Waals surface area contributed by atoms with E-state index >= 15 is 0 Å². The van der Waals surface area contributed by atoms with Crippen LogP contribution in [0.25, 0.3) is 17.1 Å². The topological polar surface area (TPSA) is 56.2 Å². The fraction of sp³-hybridized carbons (Fsp3) is 0.0625. The van der Waals surface area contributed by atoms with Crippen LogP contribution >= 0.6 is 11.8 Å². The number of hydrogen-bond donors (Lipinski definition) is 0. The minimum absolute atomic E-state index is 0.219. The van der Waals surface area contributed by atoms with Crippen LogP contribution in [0, 0.1) is 11.6 Å². The highest BCUT2D eigenvalue weighted by Crippen LogP contribution is 2.24. The second kappa shape index (κ2) is 6.04. The van der Waals surface area contributed by atoms with Gasteiger partial charge in [-0.25, -0.2) is 8.78 Å². The minimum atomic E-state index is -0.476. The Morgan fingerprint density at radius 1 is 1.08 bits per heavy atom. The van der Waals surface area contributed by atoms with Gasteiger partial charge in [-0.1, -0.05) is 11.8 Å². The molecule has 8 heteroatoms. The summed E-state index contributed by atoms with van der Waals surface area (Å²) >= 11 is 1.23. The summed E-state index contributed by atoms with van der Waals surface area (Å²) in [6.45, 7) is 0. The van der Waals surface area contributed by atoms with Gasteiger partial charge in [0.05, 0.1) is 6.26 Å². The molecule has 0 saturated carbocycles. The summed E-state index contributed by atoms with van der Waals surface area (Å²) in [5.74, 6) is -0.0900. The van der Waals surface area contributed by atoms with E-state index in [1.165, 1.54) is 17.8 Å². The van der Waals surface area contributed by atoms with E-state index in [1.807, 2.05) is 0 Å². The Labute approximate surface area is 139 Å². The third-order valence-corrected chi connectivity index (χ3v) is 4.34. The number of furan rings is 1. The van der Waals surface area contributed by atoms with Crippen LogP contribution in [0.3, 0.4) is 0 Å². The number of fused-ring (bicyclic) bond motifs is 1. The van der Waals surface area contributed by atoms with E-state index in [1.54, 1.807) is 35.0 Å². The van der Waals surface area contributed by atoms with Crippen LogP contribution in [-0.2, 0) is 5.75 Å². The molecule has 3 aromatic heterocycles. The standard InChI is InChI=1S/C16H10F2N4OS/c17-11-3-4-12(18)10(8-11)9-24-16-20-19-15-6-5-13(21-22(15)16)14-2-1-7-23-14/h1-8H,9H2. The lowest BCUT2D eigenvalue weighted by Crippen LogP contribution is -1.97. The Morgan fingerprint density at radius 2 is 2.00 bits per heavy atom. The van der Waals surface area contributed by atoms with Crippen LogP contribution in [0.4, 0.5) is 8.78 Å². The highest BCUT2D eigenvalue weighted by molar-refractivity contribution is 7.98. The molecule has 0 saturated heterocycles. The monoisotopic (exact) mass is 344 g/mol. The first kappa shape index (κ1) is 14.8. The molecule has 0 aliphatic carbocycles. The molecule has 0 N–H and O–H groups in total. The van der Waals surface area contributed by atoms with Gasteiger partial charge < -0.3 is 4.42 Å². The molecule has 0 aliphatic rings. The van der Waals surface area contributed by atoms with E-state index in [0.717, 1.165) is 12.1 Å². The molecule has 120 valence electrons. The van der Waals surface area contributed by atoms with Crippen LogP contribution in [0.1, 0.15) is 5.56 Å². The molecular formula is C16H10F2N4OS. The number of halogens is 2. The van der Waals surface area contributed by atoms with Crippen molar-refractivity contribution in [3.63, 3.8) is 0 Å². The maximum atomic E-state index is 13.7. The van der Waals surface area contributed by atoms with Crippen molar-refractivity contribution in [3.05, 3.63) is 65.9 Å². The van der Waals surface area contributed by atoms with Crippen molar-refractivity contribution in [1.29, 1.82) is 0 Å². The molecular weight excluding hydrogens is 334 g/mol. The van der Waals surface area contributed by atoms with Crippen LogP contribution < -0.4 is 0 Å². The van der Waals surface area contributed by atoms with E-state index in [2.05, 4.69) is 15.3 Å². The predicted molar refractivity (Wildman–Crippen MR) is 84.4 cm³/mol. The highest BCUT2D eigenvalue weighted by Gasteiger charge is 2.12. The maximum absolute atomic E-state index is 13.7. The van der Waals surface area contributed by atoms with Crippen LogP contribution in [-0.4, -0.2) is 19.8 Å². The van der Waals surface area contributed by atoms with Gasteiger partial charge in [0.2, 0.25) is 5.16 Å². The van der Waals surface area contributed by atoms with Gasteiger partial charge in [-0.05, 0) is 42.5 Å². The second-order valence-electron chi connectivity index (χ2n) is 4.97. The summed E-state index contributed by atoms with van der Waals surface area (Å²) in [6, 6.07) is 10.5. The number of thioether (sulfide) groups is 1. The SMILES string of the molecule is Fc1ccc(F)c(CSc2nnc3ccc(-c4ccco4)nn23)c1. The Hall–Kier alpha value is -2.74. The minimum Gasteiger partial charge on any atom is -0.463 e. The zero-order valence-electron chi connectivity index (χ0n) is 12.2. The normalized spacial score (nSPS) is 11.2. The molecule has 24 heavy (non-hydrogen) atoms. The number of hydrogen-bond acceptors (Lipinski definition) is 5. The maximum Gasteiger partial charge on any atom is 0.212 e. The zero-order chi connectivity index (χ0) is 16.5. The van der Waals surface area contributed by atoms with E-state index in [-0.39, 0.29) is 11.3 Å². The Balaban J connectivity index is 1.64. The van der Waals surface area contributed by atoms with Gasteiger partial charge in [0.25, 0.3) is 0 Å². The van der Waals surface area contributed by atoms with Crippen LogP contribution in [0.15, 0.2) is 58.3 Å². The third-order valence-electron chi connectivity index (χ3n) is 3.37. The highest BCUT2D eigenvalue weighted by atomic mass is 32.2. The van der Waals surface area contributed by atoms with Crippen molar-refractivity contribution in [2.75, 3.05) is 0 Å². The summed E-state index contributed by atoms with van der Waals surface area (Å²) in [5.41, 5.74) is 1.46. The Kier molecular flexibility index (Phi) is 3.73.